The summed E-state index contributed by atoms with van der Waals surface area (Å²) in [5, 5.41) is 0. The van der Waals surface area contributed by atoms with Gasteiger partial charge in [-0.05, 0) is 43.0 Å². The highest BCUT2D eigenvalue weighted by Gasteiger charge is 2.31. The van der Waals surface area contributed by atoms with Gasteiger partial charge in [-0.3, -0.25) is 0 Å². The van der Waals surface area contributed by atoms with Crippen molar-refractivity contribution >= 4 is 39.5 Å². The average molecular weight is 503 g/mol. The van der Waals surface area contributed by atoms with Crippen molar-refractivity contribution in [3.05, 3.63) is 28.2 Å². The maximum atomic E-state index is 6.26. The summed E-state index contributed by atoms with van der Waals surface area (Å²) in [4.78, 5) is 20.9. The average Bonchev–Trinajstić information content (AvgIpc) is 3.15. The maximum Gasteiger partial charge on any atom is 0.236 e. The van der Waals surface area contributed by atoms with Gasteiger partial charge in [0.15, 0.2) is 0 Å². The van der Waals surface area contributed by atoms with E-state index in [2.05, 4.69) is 42.8 Å². The molecule has 2 fully saturated rings. The largest absolute Gasteiger partial charge is 0.338 e. The van der Waals surface area contributed by atoms with E-state index in [4.69, 9.17) is 37.9 Å². The van der Waals surface area contributed by atoms with E-state index in [0.717, 1.165) is 36.0 Å². The Kier molecular flexibility index (Phi) is 5.93. The summed E-state index contributed by atoms with van der Waals surface area (Å²) >= 11 is 3.57. The van der Waals surface area contributed by atoms with Gasteiger partial charge in [0.1, 0.15) is 0 Å². The van der Waals surface area contributed by atoms with E-state index >= 15 is 0 Å². The molecular weight excluding hydrogens is 472 g/mol. The van der Waals surface area contributed by atoms with Crippen molar-refractivity contribution in [2.75, 3.05) is 47.4 Å². The standard InChI is InChI=1S/C21H31BrN10/c22-13-1-2-18-12(5-13)3-4-32(18)21-28-19(30-8-14(23)6-15(24)9-30)27-20(29-21)31-10-16(25)7-17(26)11-31/h1-2,5,14-17H,3-4,6-11,23-26H2/t14-,15+,16-,17+. The molecular formula is C21H31BrN10. The third-order valence-electron chi connectivity index (χ3n) is 6.37. The summed E-state index contributed by atoms with van der Waals surface area (Å²) in [6.45, 7) is 3.48. The van der Waals surface area contributed by atoms with E-state index < -0.39 is 0 Å². The van der Waals surface area contributed by atoms with Crippen LogP contribution in [0.25, 0.3) is 0 Å². The topological polar surface area (TPSA) is 152 Å². The Morgan fingerprint density at radius 2 is 1.25 bits per heavy atom. The number of hydrogen-bond donors (Lipinski definition) is 4. The summed E-state index contributed by atoms with van der Waals surface area (Å²) < 4.78 is 1.07. The highest BCUT2D eigenvalue weighted by Crippen LogP contribution is 2.35. The number of nitrogens with two attached hydrogens (primary N) is 4. The third kappa shape index (κ3) is 4.40. The lowest BCUT2D eigenvalue weighted by molar-refractivity contribution is 0.441. The number of benzene rings is 1. The molecule has 172 valence electrons. The first-order chi connectivity index (χ1) is 15.4. The van der Waals surface area contributed by atoms with Gasteiger partial charge in [-0.25, -0.2) is 0 Å². The molecule has 2 aromatic rings. The Balaban J connectivity index is 1.54. The van der Waals surface area contributed by atoms with E-state index in [9.17, 15) is 0 Å². The van der Waals surface area contributed by atoms with Gasteiger partial charge in [0, 0.05) is 67.1 Å². The number of aromatic nitrogens is 3. The van der Waals surface area contributed by atoms with E-state index in [-0.39, 0.29) is 24.2 Å². The monoisotopic (exact) mass is 502 g/mol. The second kappa shape index (κ2) is 8.71. The number of rotatable bonds is 3. The molecule has 0 spiro atoms. The number of piperidine rings is 2. The van der Waals surface area contributed by atoms with E-state index in [1.807, 2.05) is 6.07 Å². The van der Waals surface area contributed by atoms with Gasteiger partial charge in [-0.15, -0.1) is 0 Å². The second-order valence-corrected chi connectivity index (χ2v) is 10.1. The SMILES string of the molecule is N[C@@H]1C[C@H](N)CN(c2nc(N3C[C@H](N)C[C@H](N)C3)nc(N3CCc4cc(Br)ccc43)n2)C1. The maximum absolute atomic E-state index is 6.26. The Labute approximate surface area is 196 Å². The van der Waals surface area contributed by atoms with Gasteiger partial charge in [0.2, 0.25) is 17.8 Å². The predicted molar refractivity (Wildman–Crippen MR) is 130 cm³/mol. The minimum atomic E-state index is -0.0101. The van der Waals surface area contributed by atoms with Crippen LogP contribution in [0.5, 0.6) is 0 Å². The summed E-state index contributed by atoms with van der Waals surface area (Å²) in [7, 11) is 0. The van der Waals surface area contributed by atoms with Crippen molar-refractivity contribution in [2.45, 2.75) is 43.4 Å². The number of hydrogen-bond acceptors (Lipinski definition) is 10. The van der Waals surface area contributed by atoms with Gasteiger partial charge in [0.25, 0.3) is 0 Å². The molecule has 0 radical (unpaired) electrons. The molecule has 8 N–H and O–H groups in total. The summed E-state index contributed by atoms with van der Waals surface area (Å²) in [6.07, 6.45) is 2.53. The van der Waals surface area contributed by atoms with Crippen molar-refractivity contribution in [3.63, 3.8) is 0 Å². The second-order valence-electron chi connectivity index (χ2n) is 9.23. The molecule has 3 aliphatic rings. The van der Waals surface area contributed by atoms with E-state index in [1.54, 1.807) is 0 Å². The Hall–Kier alpha value is -2.05. The van der Waals surface area contributed by atoms with Gasteiger partial charge in [0.05, 0.1) is 0 Å². The van der Waals surface area contributed by atoms with Crippen molar-refractivity contribution < 1.29 is 0 Å². The minimum Gasteiger partial charge on any atom is -0.338 e. The van der Waals surface area contributed by atoms with Gasteiger partial charge in [-0.2, -0.15) is 15.0 Å². The fraction of sp³-hybridized carbons (Fsp3) is 0.571. The molecule has 0 amide bonds. The molecule has 5 rings (SSSR count). The first-order valence-corrected chi connectivity index (χ1v) is 12.0. The summed E-state index contributed by atoms with van der Waals surface area (Å²) in [5.41, 5.74) is 27.4. The lowest BCUT2D eigenvalue weighted by Crippen LogP contribution is -2.54. The van der Waals surface area contributed by atoms with E-state index in [1.165, 1.54) is 5.56 Å². The predicted octanol–water partition coefficient (Wildman–Crippen LogP) is 0.0577. The highest BCUT2D eigenvalue weighted by atomic mass is 79.9. The van der Waals surface area contributed by atoms with Crippen molar-refractivity contribution in [2.24, 2.45) is 22.9 Å². The van der Waals surface area contributed by atoms with E-state index in [0.29, 0.717) is 44.0 Å². The first kappa shape index (κ1) is 21.8. The van der Waals surface area contributed by atoms with Gasteiger partial charge in [-0.1, -0.05) is 15.9 Å². The molecule has 4 heterocycles. The fourth-order valence-electron chi connectivity index (χ4n) is 5.01. The molecule has 0 aliphatic carbocycles. The summed E-state index contributed by atoms with van der Waals surface area (Å²) in [6, 6.07) is 6.27. The van der Waals surface area contributed by atoms with Crippen molar-refractivity contribution in [3.8, 4) is 0 Å². The Morgan fingerprint density at radius 1 is 0.750 bits per heavy atom. The summed E-state index contributed by atoms with van der Waals surface area (Å²) in [5.74, 6) is 1.84. The molecule has 11 heteroatoms. The lowest BCUT2D eigenvalue weighted by Gasteiger charge is -2.37. The van der Waals surface area contributed by atoms with Crippen LogP contribution in [0.2, 0.25) is 0 Å². The molecule has 32 heavy (non-hydrogen) atoms. The van der Waals surface area contributed by atoms with Crippen LogP contribution >= 0.6 is 15.9 Å². The molecule has 3 aliphatic heterocycles. The molecule has 2 saturated heterocycles. The van der Waals surface area contributed by atoms with Crippen LogP contribution in [0.4, 0.5) is 23.5 Å². The quantitative estimate of drug-likeness (QED) is 0.452. The smallest absolute Gasteiger partial charge is 0.236 e. The van der Waals surface area contributed by atoms with Crippen molar-refractivity contribution in [1.29, 1.82) is 0 Å². The zero-order valence-electron chi connectivity index (χ0n) is 18.1. The molecule has 10 nitrogen and oxygen atoms in total. The zero-order chi connectivity index (χ0) is 22.4. The molecule has 0 bridgehead atoms. The number of halogens is 1. The van der Waals surface area contributed by atoms with Crippen LogP contribution in [0.3, 0.4) is 0 Å². The number of fused-ring (bicyclic) bond motifs is 1. The van der Waals surface area contributed by atoms with Crippen LogP contribution in [-0.2, 0) is 6.42 Å². The molecule has 0 unspecified atom stereocenters. The molecule has 1 aromatic carbocycles. The minimum absolute atomic E-state index is 0.0101. The molecule has 4 atom stereocenters. The number of nitrogens with zero attached hydrogens (tertiary/aromatic N) is 6. The van der Waals surface area contributed by atoms with Crippen LogP contribution in [0.1, 0.15) is 18.4 Å². The van der Waals surface area contributed by atoms with Crippen LogP contribution in [0, 0.1) is 0 Å². The number of anilines is 4. The molecule has 0 saturated carbocycles. The Bertz CT molecular complexity index is 923. The molecule has 1 aromatic heterocycles. The fourth-order valence-corrected chi connectivity index (χ4v) is 5.42. The highest BCUT2D eigenvalue weighted by molar-refractivity contribution is 9.10. The van der Waals surface area contributed by atoms with Crippen LogP contribution in [-0.4, -0.2) is 71.8 Å². The first-order valence-electron chi connectivity index (χ1n) is 11.2. The van der Waals surface area contributed by atoms with Crippen LogP contribution < -0.4 is 37.6 Å². The third-order valence-corrected chi connectivity index (χ3v) is 6.87. The van der Waals surface area contributed by atoms with Gasteiger partial charge < -0.3 is 37.6 Å². The normalized spacial score (nSPS) is 28.2. The van der Waals surface area contributed by atoms with Crippen LogP contribution in [0.15, 0.2) is 22.7 Å². The zero-order valence-corrected chi connectivity index (χ0v) is 19.7. The Morgan fingerprint density at radius 3 is 1.78 bits per heavy atom. The lowest BCUT2D eigenvalue weighted by atomic mass is 10.0. The van der Waals surface area contributed by atoms with Crippen molar-refractivity contribution in [1.82, 2.24) is 15.0 Å². The van der Waals surface area contributed by atoms with Gasteiger partial charge >= 0.3 is 0 Å².